The molecule has 0 aromatic carbocycles. The van der Waals surface area contributed by atoms with Crippen molar-refractivity contribution >= 4 is 18.2 Å². The molecule has 1 saturated carbocycles. The minimum absolute atomic E-state index is 0. The molecule has 0 radical (unpaired) electrons. The van der Waals surface area contributed by atoms with E-state index in [9.17, 15) is 0 Å². The Kier molecular flexibility index (Phi) is 3.60. The van der Waals surface area contributed by atoms with Crippen LogP contribution < -0.4 is 5.73 Å². The molecule has 0 saturated heterocycles. The number of anilines is 1. The van der Waals surface area contributed by atoms with Gasteiger partial charge >= 0.3 is 0 Å². The van der Waals surface area contributed by atoms with Gasteiger partial charge in [0.25, 0.3) is 0 Å². The molecular formula is C9H16ClN3. The predicted octanol–water partition coefficient (Wildman–Crippen LogP) is 2.46. The van der Waals surface area contributed by atoms with Gasteiger partial charge in [-0.25, -0.2) is 0 Å². The van der Waals surface area contributed by atoms with Crippen molar-refractivity contribution in [3.05, 3.63) is 11.8 Å². The van der Waals surface area contributed by atoms with Crippen LogP contribution in [0.2, 0.25) is 0 Å². The Bertz CT molecular complexity index is 253. The summed E-state index contributed by atoms with van der Waals surface area (Å²) in [5.74, 6) is 1.30. The van der Waals surface area contributed by atoms with Gasteiger partial charge in [-0.3, -0.25) is 5.10 Å². The number of nitrogens with one attached hydrogen (secondary N) is 1. The van der Waals surface area contributed by atoms with Crippen LogP contribution in [-0.2, 0) is 0 Å². The summed E-state index contributed by atoms with van der Waals surface area (Å²) in [7, 11) is 0. The molecule has 1 aliphatic rings. The third-order valence-electron chi connectivity index (χ3n) is 2.66. The number of nitrogen functional groups attached to an aromatic ring is 1. The molecule has 0 aliphatic heterocycles. The summed E-state index contributed by atoms with van der Waals surface area (Å²) in [6.07, 6.45) is 6.68. The maximum atomic E-state index is 5.54. The number of nitrogens with two attached hydrogens (primary N) is 1. The van der Waals surface area contributed by atoms with Gasteiger partial charge in [0.1, 0.15) is 5.82 Å². The standard InChI is InChI=1S/C9H15N3.ClH/c10-9-6-8(11-12-9)7-4-2-1-3-5-7;/h6-7H,1-5H2,(H3,10,11,12);1H. The van der Waals surface area contributed by atoms with Gasteiger partial charge in [0.15, 0.2) is 0 Å². The molecule has 1 fully saturated rings. The molecule has 1 heterocycles. The zero-order chi connectivity index (χ0) is 8.39. The fourth-order valence-electron chi connectivity index (χ4n) is 1.98. The van der Waals surface area contributed by atoms with E-state index < -0.39 is 0 Å². The van der Waals surface area contributed by atoms with Crippen LogP contribution in [0.25, 0.3) is 0 Å². The van der Waals surface area contributed by atoms with Crippen molar-refractivity contribution in [1.29, 1.82) is 0 Å². The highest BCUT2D eigenvalue weighted by atomic mass is 35.5. The molecule has 0 spiro atoms. The van der Waals surface area contributed by atoms with E-state index in [0.717, 1.165) is 0 Å². The molecular weight excluding hydrogens is 186 g/mol. The van der Waals surface area contributed by atoms with Gasteiger partial charge in [-0.2, -0.15) is 5.10 Å². The molecule has 1 aliphatic carbocycles. The summed E-state index contributed by atoms with van der Waals surface area (Å²) in [5.41, 5.74) is 6.77. The first kappa shape index (κ1) is 10.4. The molecule has 0 unspecified atom stereocenters. The van der Waals surface area contributed by atoms with E-state index in [4.69, 9.17) is 5.73 Å². The molecule has 2 rings (SSSR count). The number of rotatable bonds is 1. The van der Waals surface area contributed by atoms with E-state index >= 15 is 0 Å². The quantitative estimate of drug-likeness (QED) is 0.734. The number of hydrogen-bond acceptors (Lipinski definition) is 2. The molecule has 4 heteroatoms. The molecule has 0 bridgehead atoms. The van der Waals surface area contributed by atoms with Gasteiger partial charge in [-0.05, 0) is 12.8 Å². The van der Waals surface area contributed by atoms with Crippen LogP contribution in [0.5, 0.6) is 0 Å². The topological polar surface area (TPSA) is 54.7 Å². The lowest BCUT2D eigenvalue weighted by atomic mass is 9.87. The van der Waals surface area contributed by atoms with Gasteiger partial charge in [-0.1, -0.05) is 19.3 Å². The average Bonchev–Trinajstić information content (AvgIpc) is 2.54. The molecule has 0 amide bonds. The fourth-order valence-corrected chi connectivity index (χ4v) is 1.98. The molecule has 1 aromatic rings. The monoisotopic (exact) mass is 201 g/mol. The maximum absolute atomic E-state index is 5.54. The van der Waals surface area contributed by atoms with Crippen molar-refractivity contribution in [3.8, 4) is 0 Å². The highest BCUT2D eigenvalue weighted by Gasteiger charge is 2.16. The van der Waals surface area contributed by atoms with Gasteiger partial charge in [-0.15, -0.1) is 12.4 Å². The Balaban J connectivity index is 0.000000845. The van der Waals surface area contributed by atoms with Gasteiger partial charge < -0.3 is 5.73 Å². The Hall–Kier alpha value is -0.700. The summed E-state index contributed by atoms with van der Waals surface area (Å²) in [6, 6.07) is 1.97. The summed E-state index contributed by atoms with van der Waals surface area (Å²) in [6.45, 7) is 0. The Morgan fingerprint density at radius 2 is 2.00 bits per heavy atom. The van der Waals surface area contributed by atoms with Crippen molar-refractivity contribution in [2.45, 2.75) is 38.0 Å². The lowest BCUT2D eigenvalue weighted by Gasteiger charge is -2.19. The van der Waals surface area contributed by atoms with E-state index in [1.165, 1.54) is 37.8 Å². The average molecular weight is 202 g/mol. The van der Waals surface area contributed by atoms with Crippen molar-refractivity contribution in [2.24, 2.45) is 0 Å². The number of aromatic amines is 1. The fraction of sp³-hybridized carbons (Fsp3) is 0.667. The van der Waals surface area contributed by atoms with Crippen LogP contribution in [0.4, 0.5) is 5.82 Å². The van der Waals surface area contributed by atoms with E-state index in [2.05, 4.69) is 10.2 Å². The lowest BCUT2D eigenvalue weighted by Crippen LogP contribution is -2.04. The second-order valence-corrected chi connectivity index (χ2v) is 3.58. The summed E-state index contributed by atoms with van der Waals surface area (Å²) < 4.78 is 0. The number of nitrogens with zero attached hydrogens (tertiary/aromatic N) is 1. The van der Waals surface area contributed by atoms with Crippen LogP contribution >= 0.6 is 12.4 Å². The van der Waals surface area contributed by atoms with Crippen LogP contribution in [0.15, 0.2) is 6.07 Å². The summed E-state index contributed by atoms with van der Waals surface area (Å²) in [4.78, 5) is 0. The minimum Gasteiger partial charge on any atom is -0.382 e. The largest absolute Gasteiger partial charge is 0.382 e. The number of hydrogen-bond donors (Lipinski definition) is 2. The first-order valence-electron chi connectivity index (χ1n) is 4.67. The molecule has 0 atom stereocenters. The Morgan fingerprint density at radius 1 is 1.31 bits per heavy atom. The summed E-state index contributed by atoms with van der Waals surface area (Å²) >= 11 is 0. The van der Waals surface area contributed by atoms with Crippen molar-refractivity contribution in [3.63, 3.8) is 0 Å². The van der Waals surface area contributed by atoms with Crippen LogP contribution in [0.3, 0.4) is 0 Å². The lowest BCUT2D eigenvalue weighted by molar-refractivity contribution is 0.436. The van der Waals surface area contributed by atoms with E-state index in [0.29, 0.717) is 11.7 Å². The molecule has 3 N–H and O–H groups in total. The predicted molar refractivity (Wildman–Crippen MR) is 56.1 cm³/mol. The van der Waals surface area contributed by atoms with E-state index in [1.807, 2.05) is 6.07 Å². The van der Waals surface area contributed by atoms with Gasteiger partial charge in [0, 0.05) is 17.7 Å². The molecule has 13 heavy (non-hydrogen) atoms. The highest BCUT2D eigenvalue weighted by Crippen LogP contribution is 2.31. The normalized spacial score (nSPS) is 18.2. The van der Waals surface area contributed by atoms with Crippen molar-refractivity contribution in [2.75, 3.05) is 5.73 Å². The van der Waals surface area contributed by atoms with Crippen molar-refractivity contribution in [1.82, 2.24) is 10.2 Å². The van der Waals surface area contributed by atoms with E-state index in [-0.39, 0.29) is 12.4 Å². The van der Waals surface area contributed by atoms with Gasteiger partial charge in [0.05, 0.1) is 0 Å². The molecule has 74 valence electrons. The second-order valence-electron chi connectivity index (χ2n) is 3.58. The first-order valence-corrected chi connectivity index (χ1v) is 4.67. The molecule has 3 nitrogen and oxygen atoms in total. The third kappa shape index (κ3) is 2.37. The SMILES string of the molecule is Cl.Nc1cc(C2CCCCC2)[nH]n1. The van der Waals surface area contributed by atoms with E-state index in [1.54, 1.807) is 0 Å². The Labute approximate surface area is 84.5 Å². The molecule has 1 aromatic heterocycles. The van der Waals surface area contributed by atoms with Crippen molar-refractivity contribution < 1.29 is 0 Å². The zero-order valence-electron chi connectivity index (χ0n) is 7.62. The van der Waals surface area contributed by atoms with Crippen LogP contribution in [-0.4, -0.2) is 10.2 Å². The number of H-pyrrole nitrogens is 1. The summed E-state index contributed by atoms with van der Waals surface area (Å²) in [5, 5.41) is 6.94. The maximum Gasteiger partial charge on any atom is 0.145 e. The number of aromatic nitrogens is 2. The van der Waals surface area contributed by atoms with Crippen LogP contribution in [0, 0.1) is 0 Å². The minimum atomic E-state index is 0. The highest BCUT2D eigenvalue weighted by molar-refractivity contribution is 5.85. The smallest absolute Gasteiger partial charge is 0.145 e. The first-order chi connectivity index (χ1) is 5.86. The second kappa shape index (κ2) is 4.51. The third-order valence-corrected chi connectivity index (χ3v) is 2.66. The zero-order valence-corrected chi connectivity index (χ0v) is 8.44. The Morgan fingerprint density at radius 3 is 2.54 bits per heavy atom. The van der Waals surface area contributed by atoms with Crippen LogP contribution in [0.1, 0.15) is 43.7 Å². The number of halogens is 1. The van der Waals surface area contributed by atoms with Gasteiger partial charge in [0.2, 0.25) is 0 Å².